The molecule has 4 nitrogen and oxygen atoms in total. The van der Waals surface area contributed by atoms with E-state index in [1.807, 2.05) is 6.92 Å². The van der Waals surface area contributed by atoms with E-state index in [0.29, 0.717) is 16.9 Å². The number of hydrogen-bond acceptors (Lipinski definition) is 3. The average Bonchev–Trinajstić information content (AvgIpc) is 2.99. The van der Waals surface area contributed by atoms with E-state index in [4.69, 9.17) is 11.6 Å². The molecule has 2 aromatic heterocycles. The van der Waals surface area contributed by atoms with E-state index in [1.54, 1.807) is 6.08 Å². The molecule has 3 aromatic rings. The summed E-state index contributed by atoms with van der Waals surface area (Å²) < 4.78 is 29.1. The molecule has 0 fully saturated rings. The number of aromatic nitrogens is 3. The Labute approximate surface area is 134 Å². The zero-order valence-electron chi connectivity index (χ0n) is 11.9. The third-order valence-corrected chi connectivity index (χ3v) is 4.24. The van der Waals surface area contributed by atoms with E-state index in [1.165, 1.54) is 22.8 Å². The fraction of sp³-hybridized carbons (Fsp3) is 0.125. The molecule has 1 atom stereocenters. The molecule has 1 unspecified atom stereocenters. The Morgan fingerprint density at radius 3 is 2.83 bits per heavy atom. The maximum absolute atomic E-state index is 14.1. The second kappa shape index (κ2) is 4.76. The van der Waals surface area contributed by atoms with Gasteiger partial charge in [0.05, 0.1) is 16.8 Å². The van der Waals surface area contributed by atoms with Gasteiger partial charge in [-0.1, -0.05) is 30.7 Å². The Kier molecular flexibility index (Phi) is 2.93. The molecule has 0 aliphatic heterocycles. The number of aliphatic hydroxyl groups is 1. The van der Waals surface area contributed by atoms with Gasteiger partial charge in [-0.3, -0.25) is 0 Å². The van der Waals surface area contributed by atoms with Gasteiger partial charge in [-0.05, 0) is 12.1 Å². The van der Waals surface area contributed by atoms with E-state index in [2.05, 4.69) is 10.1 Å². The SMILES string of the molecule is CC1C=C(O)c2cnc3c(-c4cccc(F)c4F)c(Cl)nn3c21. The van der Waals surface area contributed by atoms with Gasteiger partial charge in [0.25, 0.3) is 0 Å². The number of hydrogen-bond donors (Lipinski definition) is 1. The molecule has 0 amide bonds. The van der Waals surface area contributed by atoms with Crippen molar-refractivity contribution in [3.8, 4) is 11.1 Å². The van der Waals surface area contributed by atoms with Gasteiger partial charge in [0.15, 0.2) is 22.4 Å². The van der Waals surface area contributed by atoms with Crippen molar-refractivity contribution in [2.24, 2.45) is 0 Å². The van der Waals surface area contributed by atoms with Gasteiger partial charge in [-0.15, -0.1) is 0 Å². The first-order valence-corrected chi connectivity index (χ1v) is 7.29. The summed E-state index contributed by atoms with van der Waals surface area (Å²) in [4.78, 5) is 4.23. The van der Waals surface area contributed by atoms with Crippen LogP contribution in [0, 0.1) is 11.6 Å². The van der Waals surface area contributed by atoms with Crippen LogP contribution in [0.4, 0.5) is 8.78 Å². The summed E-state index contributed by atoms with van der Waals surface area (Å²) in [6.45, 7) is 1.89. The van der Waals surface area contributed by atoms with E-state index in [-0.39, 0.29) is 28.0 Å². The molecule has 0 radical (unpaired) electrons. The van der Waals surface area contributed by atoms with Crippen molar-refractivity contribution in [3.63, 3.8) is 0 Å². The Hall–Kier alpha value is -2.47. The summed E-state index contributed by atoms with van der Waals surface area (Å²) in [7, 11) is 0. The lowest BCUT2D eigenvalue weighted by Crippen LogP contribution is -2.03. The van der Waals surface area contributed by atoms with Crippen LogP contribution in [0.15, 0.2) is 30.5 Å². The van der Waals surface area contributed by atoms with Crippen molar-refractivity contribution in [2.45, 2.75) is 12.8 Å². The van der Waals surface area contributed by atoms with Crippen molar-refractivity contribution in [2.75, 3.05) is 0 Å². The minimum atomic E-state index is -0.999. The largest absolute Gasteiger partial charge is 0.508 e. The number of allylic oxidation sites excluding steroid dienone is 1. The van der Waals surface area contributed by atoms with Crippen molar-refractivity contribution < 1.29 is 13.9 Å². The highest BCUT2D eigenvalue weighted by Gasteiger charge is 2.27. The van der Waals surface area contributed by atoms with Crippen molar-refractivity contribution in [3.05, 3.63) is 58.5 Å². The minimum Gasteiger partial charge on any atom is -0.508 e. The number of fused-ring (bicyclic) bond motifs is 3. The zero-order chi connectivity index (χ0) is 16.3. The fourth-order valence-corrected chi connectivity index (χ4v) is 3.21. The second-order valence-corrected chi connectivity index (χ2v) is 5.76. The van der Waals surface area contributed by atoms with Crippen molar-refractivity contribution in [1.82, 2.24) is 14.6 Å². The van der Waals surface area contributed by atoms with Crippen LogP contribution in [-0.4, -0.2) is 19.7 Å². The lowest BCUT2D eigenvalue weighted by molar-refractivity contribution is 0.511. The lowest BCUT2D eigenvalue weighted by Gasteiger charge is -2.08. The Bertz CT molecular complexity index is 997. The number of rotatable bonds is 1. The highest BCUT2D eigenvalue weighted by Crippen LogP contribution is 2.38. The van der Waals surface area contributed by atoms with Gasteiger partial charge in [0.1, 0.15) is 5.76 Å². The molecule has 1 aromatic carbocycles. The van der Waals surface area contributed by atoms with Gasteiger partial charge in [0.2, 0.25) is 0 Å². The molecule has 7 heteroatoms. The van der Waals surface area contributed by atoms with Crippen LogP contribution in [0.2, 0.25) is 5.15 Å². The zero-order valence-corrected chi connectivity index (χ0v) is 12.6. The molecule has 0 bridgehead atoms. The van der Waals surface area contributed by atoms with Gasteiger partial charge in [-0.2, -0.15) is 5.10 Å². The van der Waals surface area contributed by atoms with E-state index in [0.717, 1.165) is 6.07 Å². The molecule has 0 saturated heterocycles. The van der Waals surface area contributed by atoms with Crippen molar-refractivity contribution in [1.29, 1.82) is 0 Å². The predicted octanol–water partition coefficient (Wildman–Crippen LogP) is 4.34. The number of halogens is 3. The van der Waals surface area contributed by atoms with Crippen LogP contribution in [0.5, 0.6) is 0 Å². The van der Waals surface area contributed by atoms with Crippen molar-refractivity contribution >= 4 is 23.0 Å². The normalized spacial score (nSPS) is 16.7. The Morgan fingerprint density at radius 2 is 2.04 bits per heavy atom. The van der Waals surface area contributed by atoms with E-state index < -0.39 is 11.6 Å². The van der Waals surface area contributed by atoms with Gasteiger partial charge in [-0.25, -0.2) is 18.3 Å². The predicted molar refractivity (Wildman–Crippen MR) is 82.4 cm³/mol. The van der Waals surface area contributed by atoms with E-state index in [9.17, 15) is 13.9 Å². The maximum atomic E-state index is 14.1. The monoisotopic (exact) mass is 333 g/mol. The second-order valence-electron chi connectivity index (χ2n) is 5.40. The molecule has 1 N–H and O–H groups in total. The molecule has 0 spiro atoms. The molecule has 1 aliphatic rings. The molecular formula is C16H10ClF2N3O. The molecule has 116 valence electrons. The molecule has 0 saturated carbocycles. The fourth-order valence-electron chi connectivity index (χ4n) is 2.95. The van der Waals surface area contributed by atoms with Gasteiger partial charge in [0, 0.05) is 17.7 Å². The topological polar surface area (TPSA) is 50.4 Å². The maximum Gasteiger partial charge on any atom is 0.166 e. The smallest absolute Gasteiger partial charge is 0.166 e. The first-order valence-electron chi connectivity index (χ1n) is 6.91. The quantitative estimate of drug-likeness (QED) is 0.720. The number of nitrogens with zero attached hydrogens (tertiary/aromatic N) is 3. The summed E-state index contributed by atoms with van der Waals surface area (Å²) >= 11 is 6.17. The third-order valence-electron chi connectivity index (χ3n) is 3.97. The van der Waals surface area contributed by atoms with Crippen LogP contribution in [-0.2, 0) is 0 Å². The van der Waals surface area contributed by atoms with Crippen LogP contribution >= 0.6 is 11.6 Å². The first-order chi connectivity index (χ1) is 11.0. The first kappa shape index (κ1) is 14.1. The molecule has 1 aliphatic carbocycles. The summed E-state index contributed by atoms with van der Waals surface area (Å²) in [6.07, 6.45) is 3.16. The van der Waals surface area contributed by atoms with Crippen LogP contribution in [0.3, 0.4) is 0 Å². The van der Waals surface area contributed by atoms with Gasteiger partial charge < -0.3 is 5.11 Å². The van der Waals surface area contributed by atoms with Crippen LogP contribution in [0.1, 0.15) is 24.1 Å². The molecular weight excluding hydrogens is 324 g/mol. The highest BCUT2D eigenvalue weighted by molar-refractivity contribution is 6.33. The minimum absolute atomic E-state index is 0.000260. The van der Waals surface area contributed by atoms with E-state index >= 15 is 0 Å². The summed E-state index contributed by atoms with van der Waals surface area (Å²) in [6, 6.07) is 3.86. The standard InChI is InChI=1S/C16H10ClF2N3O/c1-7-5-11(23)9-6-20-16-12(15(17)21-22(16)14(7)9)8-3-2-4-10(18)13(8)19/h2-7,23H,1H3. The summed E-state index contributed by atoms with van der Waals surface area (Å²) in [5.74, 6) is -1.95. The molecule has 2 heterocycles. The lowest BCUT2D eigenvalue weighted by atomic mass is 10.1. The number of benzene rings is 1. The van der Waals surface area contributed by atoms with Gasteiger partial charge >= 0.3 is 0 Å². The third kappa shape index (κ3) is 1.88. The summed E-state index contributed by atoms with van der Waals surface area (Å²) in [5.41, 5.74) is 1.80. The summed E-state index contributed by atoms with van der Waals surface area (Å²) in [5, 5.41) is 14.1. The highest BCUT2D eigenvalue weighted by atomic mass is 35.5. The van der Waals surface area contributed by atoms with Crippen LogP contribution < -0.4 is 0 Å². The average molecular weight is 334 g/mol. The Morgan fingerprint density at radius 1 is 1.26 bits per heavy atom. The molecule has 23 heavy (non-hydrogen) atoms. The Balaban J connectivity index is 2.06. The number of aliphatic hydroxyl groups excluding tert-OH is 1. The molecule has 4 rings (SSSR count). The van der Waals surface area contributed by atoms with Crippen LogP contribution in [0.25, 0.3) is 22.5 Å².